The Morgan fingerprint density at radius 3 is 2.69 bits per heavy atom. The maximum atomic E-state index is 12.5. The number of likely N-dealkylation sites (tertiary alicyclic amines) is 1. The van der Waals surface area contributed by atoms with Gasteiger partial charge in [0, 0.05) is 22.2 Å². The average Bonchev–Trinajstić information content (AvgIpc) is 3.19. The van der Waals surface area contributed by atoms with Gasteiger partial charge in [0.15, 0.2) is 0 Å². The molecular weight excluding hydrogens is 388 g/mol. The molecule has 1 aliphatic rings. The van der Waals surface area contributed by atoms with Crippen LogP contribution < -0.4 is 5.32 Å². The molecule has 1 aliphatic heterocycles. The van der Waals surface area contributed by atoms with Crippen molar-refractivity contribution in [2.24, 2.45) is 5.92 Å². The largest absolute Gasteiger partial charge is 0.338 e. The lowest BCUT2D eigenvalue weighted by Crippen LogP contribution is -2.37. The van der Waals surface area contributed by atoms with Crippen LogP contribution >= 0.6 is 11.6 Å². The number of carbonyl (C=O) groups is 1. The fourth-order valence-corrected chi connectivity index (χ4v) is 3.68. The molecule has 7 heteroatoms. The molecular formula is C22H23ClN4O2. The van der Waals surface area contributed by atoms with Gasteiger partial charge in [-0.05, 0) is 57.1 Å². The van der Waals surface area contributed by atoms with Gasteiger partial charge in [0.25, 0.3) is 0 Å². The molecule has 0 atom stereocenters. The van der Waals surface area contributed by atoms with Crippen molar-refractivity contribution in [3.05, 3.63) is 65.0 Å². The molecule has 0 spiro atoms. The van der Waals surface area contributed by atoms with E-state index in [0.29, 0.717) is 23.3 Å². The van der Waals surface area contributed by atoms with E-state index in [0.717, 1.165) is 37.2 Å². The first-order chi connectivity index (χ1) is 14.1. The molecule has 2 heterocycles. The third-order valence-electron chi connectivity index (χ3n) is 5.19. The molecule has 2 aromatic carbocycles. The Hall–Kier alpha value is -2.70. The monoisotopic (exact) mass is 410 g/mol. The minimum absolute atomic E-state index is 0.0252. The molecule has 1 saturated heterocycles. The second-order valence-electron chi connectivity index (χ2n) is 7.43. The van der Waals surface area contributed by atoms with Gasteiger partial charge in [-0.1, -0.05) is 46.6 Å². The number of benzene rings is 2. The Morgan fingerprint density at radius 2 is 1.97 bits per heavy atom. The van der Waals surface area contributed by atoms with Crippen molar-refractivity contribution in [1.82, 2.24) is 15.0 Å². The van der Waals surface area contributed by atoms with Gasteiger partial charge in [0.2, 0.25) is 17.6 Å². The van der Waals surface area contributed by atoms with Crippen molar-refractivity contribution in [3.63, 3.8) is 0 Å². The first kappa shape index (κ1) is 19.6. The molecule has 4 rings (SSSR count). The minimum Gasteiger partial charge on any atom is -0.338 e. The van der Waals surface area contributed by atoms with Crippen molar-refractivity contribution in [2.45, 2.75) is 26.3 Å². The summed E-state index contributed by atoms with van der Waals surface area (Å²) in [4.78, 5) is 19.2. The van der Waals surface area contributed by atoms with Crippen LogP contribution in [0, 0.1) is 12.8 Å². The predicted molar refractivity (Wildman–Crippen MR) is 113 cm³/mol. The zero-order chi connectivity index (χ0) is 20.2. The molecule has 29 heavy (non-hydrogen) atoms. The van der Waals surface area contributed by atoms with E-state index in [4.69, 9.17) is 16.1 Å². The maximum absolute atomic E-state index is 12.5. The summed E-state index contributed by atoms with van der Waals surface area (Å²) in [6, 6.07) is 15.3. The van der Waals surface area contributed by atoms with Gasteiger partial charge in [-0.2, -0.15) is 4.98 Å². The second-order valence-corrected chi connectivity index (χ2v) is 7.86. The summed E-state index contributed by atoms with van der Waals surface area (Å²) < 4.78 is 5.40. The molecule has 1 amide bonds. The number of hydrogen-bond acceptors (Lipinski definition) is 5. The van der Waals surface area contributed by atoms with Crippen molar-refractivity contribution in [2.75, 3.05) is 18.4 Å². The van der Waals surface area contributed by atoms with Gasteiger partial charge in [-0.15, -0.1) is 0 Å². The van der Waals surface area contributed by atoms with E-state index in [1.807, 2.05) is 55.5 Å². The molecule has 0 unspecified atom stereocenters. The van der Waals surface area contributed by atoms with Crippen molar-refractivity contribution >= 4 is 23.2 Å². The molecule has 1 N–H and O–H groups in total. The summed E-state index contributed by atoms with van der Waals surface area (Å²) in [5, 5.41) is 7.71. The third kappa shape index (κ3) is 5.02. The highest BCUT2D eigenvalue weighted by atomic mass is 35.5. The molecule has 3 aromatic rings. The fourth-order valence-electron chi connectivity index (χ4n) is 3.49. The van der Waals surface area contributed by atoms with Gasteiger partial charge in [-0.25, -0.2) is 0 Å². The highest BCUT2D eigenvalue weighted by Gasteiger charge is 2.26. The molecule has 6 nitrogen and oxygen atoms in total. The highest BCUT2D eigenvalue weighted by Crippen LogP contribution is 2.23. The van der Waals surface area contributed by atoms with E-state index in [-0.39, 0.29) is 11.8 Å². The van der Waals surface area contributed by atoms with Gasteiger partial charge in [0.05, 0.1) is 6.54 Å². The normalized spacial score (nSPS) is 15.4. The molecule has 0 radical (unpaired) electrons. The van der Waals surface area contributed by atoms with Crippen LogP contribution in [0.2, 0.25) is 5.02 Å². The van der Waals surface area contributed by atoms with E-state index in [1.165, 1.54) is 5.56 Å². The number of nitrogens with one attached hydrogen (secondary N) is 1. The summed E-state index contributed by atoms with van der Waals surface area (Å²) in [5.74, 6) is 1.23. The maximum Gasteiger partial charge on any atom is 0.241 e. The van der Waals surface area contributed by atoms with E-state index in [1.54, 1.807) is 0 Å². The number of aromatic nitrogens is 2. The van der Waals surface area contributed by atoms with Crippen molar-refractivity contribution < 1.29 is 9.32 Å². The molecule has 0 aliphatic carbocycles. The van der Waals surface area contributed by atoms with Crippen LogP contribution in [0.4, 0.5) is 5.69 Å². The molecule has 1 aromatic heterocycles. The van der Waals surface area contributed by atoms with Crippen LogP contribution in [0.1, 0.15) is 24.3 Å². The lowest BCUT2D eigenvalue weighted by atomic mass is 9.96. The van der Waals surface area contributed by atoms with Crippen LogP contribution in [-0.4, -0.2) is 34.0 Å². The molecule has 150 valence electrons. The molecule has 0 saturated carbocycles. The van der Waals surface area contributed by atoms with Crippen molar-refractivity contribution in [1.29, 1.82) is 0 Å². The minimum atomic E-state index is 0.0252. The molecule has 1 fully saturated rings. The standard InChI is InChI=1S/C22H23ClN4O2/c1-15-5-7-19(8-6-15)24-22(28)16-9-11-27(12-10-16)14-20-25-21(26-29-20)17-3-2-4-18(23)13-17/h2-8,13,16H,9-12,14H2,1H3,(H,24,28). The number of halogens is 1. The first-order valence-electron chi connectivity index (χ1n) is 9.75. The number of piperidine rings is 1. The summed E-state index contributed by atoms with van der Waals surface area (Å²) >= 11 is 6.03. The fraction of sp³-hybridized carbons (Fsp3) is 0.318. The van der Waals surface area contributed by atoms with Crippen LogP contribution in [0.25, 0.3) is 11.4 Å². The Balaban J connectivity index is 1.29. The topological polar surface area (TPSA) is 71.3 Å². The zero-order valence-corrected chi connectivity index (χ0v) is 17.0. The Kier molecular flexibility index (Phi) is 5.92. The zero-order valence-electron chi connectivity index (χ0n) is 16.3. The van der Waals surface area contributed by atoms with Gasteiger partial charge >= 0.3 is 0 Å². The van der Waals surface area contributed by atoms with Gasteiger partial charge in [0.1, 0.15) is 0 Å². The number of aryl methyl sites for hydroxylation is 1. The Bertz CT molecular complexity index is 978. The third-order valence-corrected chi connectivity index (χ3v) is 5.42. The highest BCUT2D eigenvalue weighted by molar-refractivity contribution is 6.30. The van der Waals surface area contributed by atoms with Crippen molar-refractivity contribution in [3.8, 4) is 11.4 Å². The predicted octanol–water partition coefficient (Wildman–Crippen LogP) is 4.55. The van der Waals surface area contributed by atoms with Crippen LogP contribution in [0.3, 0.4) is 0 Å². The quantitative estimate of drug-likeness (QED) is 0.668. The van der Waals surface area contributed by atoms with E-state index in [2.05, 4.69) is 20.4 Å². The lowest BCUT2D eigenvalue weighted by Gasteiger charge is -2.30. The van der Waals surface area contributed by atoms with Gasteiger partial charge in [-0.3, -0.25) is 9.69 Å². The van der Waals surface area contributed by atoms with Crippen LogP contribution in [0.15, 0.2) is 53.1 Å². The Labute approximate surface area is 174 Å². The number of amides is 1. The smallest absolute Gasteiger partial charge is 0.241 e. The summed E-state index contributed by atoms with van der Waals surface area (Å²) in [5.41, 5.74) is 2.86. The first-order valence-corrected chi connectivity index (χ1v) is 10.1. The number of hydrogen-bond donors (Lipinski definition) is 1. The van der Waals surface area contributed by atoms with Crippen LogP contribution in [0.5, 0.6) is 0 Å². The number of carbonyl (C=O) groups excluding carboxylic acids is 1. The second kappa shape index (κ2) is 8.76. The Morgan fingerprint density at radius 1 is 1.21 bits per heavy atom. The number of rotatable bonds is 5. The summed E-state index contributed by atoms with van der Waals surface area (Å²) in [6.45, 7) is 4.25. The lowest BCUT2D eigenvalue weighted by molar-refractivity contribution is -0.121. The average molecular weight is 411 g/mol. The summed E-state index contributed by atoms with van der Waals surface area (Å²) in [6.07, 6.45) is 1.62. The SMILES string of the molecule is Cc1ccc(NC(=O)C2CCN(Cc3nc(-c4cccc(Cl)c4)no3)CC2)cc1. The van der Waals surface area contributed by atoms with E-state index >= 15 is 0 Å². The van der Waals surface area contributed by atoms with Gasteiger partial charge < -0.3 is 9.84 Å². The van der Waals surface area contributed by atoms with E-state index < -0.39 is 0 Å². The van der Waals surface area contributed by atoms with Crippen LogP contribution in [-0.2, 0) is 11.3 Å². The number of anilines is 1. The molecule has 0 bridgehead atoms. The van der Waals surface area contributed by atoms with E-state index in [9.17, 15) is 4.79 Å². The number of nitrogens with zero attached hydrogens (tertiary/aromatic N) is 3. The summed E-state index contributed by atoms with van der Waals surface area (Å²) in [7, 11) is 0.